The van der Waals surface area contributed by atoms with Crippen LogP contribution in [0.3, 0.4) is 0 Å². The van der Waals surface area contributed by atoms with Gasteiger partial charge in [-0.05, 0) is 30.3 Å². The Labute approximate surface area is 125 Å². The number of aromatic hydroxyl groups is 1. The first kappa shape index (κ1) is 13.8. The molecule has 1 heterocycles. The van der Waals surface area contributed by atoms with E-state index in [1.165, 1.54) is 5.69 Å². The summed E-state index contributed by atoms with van der Waals surface area (Å²) in [6.45, 7) is 4.74. The number of hydrogen-bond donors (Lipinski definition) is 2. The Morgan fingerprint density at radius 3 is 2.38 bits per heavy atom. The number of para-hydroxylation sites is 1. The molecule has 0 unspecified atom stereocenters. The Kier molecular flexibility index (Phi) is 3.97. The van der Waals surface area contributed by atoms with Gasteiger partial charge in [0.1, 0.15) is 5.75 Å². The summed E-state index contributed by atoms with van der Waals surface area (Å²) in [4.78, 5) is 4.75. The highest BCUT2D eigenvalue weighted by atomic mass is 16.3. The molecule has 110 valence electrons. The van der Waals surface area contributed by atoms with E-state index in [2.05, 4.69) is 34.1 Å². The average molecular weight is 283 g/mol. The van der Waals surface area contributed by atoms with Crippen LogP contribution < -0.4 is 10.6 Å². The number of anilines is 2. The molecule has 1 aliphatic rings. The molecule has 0 spiro atoms. The van der Waals surface area contributed by atoms with Gasteiger partial charge in [0.2, 0.25) is 0 Å². The number of benzene rings is 2. The smallest absolute Gasteiger partial charge is 0.120 e. The second kappa shape index (κ2) is 6.06. The molecule has 0 aromatic heterocycles. The van der Waals surface area contributed by atoms with Crippen LogP contribution in [-0.2, 0) is 6.54 Å². The van der Waals surface area contributed by atoms with Crippen molar-refractivity contribution in [1.29, 1.82) is 0 Å². The maximum atomic E-state index is 9.90. The van der Waals surface area contributed by atoms with Gasteiger partial charge in [0.15, 0.2) is 0 Å². The molecule has 0 aliphatic carbocycles. The highest BCUT2D eigenvalue weighted by molar-refractivity contribution is 5.48. The number of phenolic OH excluding ortho intramolecular Hbond substituents is 1. The molecule has 4 heteroatoms. The summed E-state index contributed by atoms with van der Waals surface area (Å²) in [5, 5.41) is 9.90. The van der Waals surface area contributed by atoms with Crippen molar-refractivity contribution in [1.82, 2.24) is 4.90 Å². The monoisotopic (exact) mass is 283 g/mol. The molecular weight excluding hydrogens is 262 g/mol. The van der Waals surface area contributed by atoms with E-state index in [1.807, 2.05) is 12.1 Å². The Hall–Kier alpha value is -2.20. The van der Waals surface area contributed by atoms with Crippen LogP contribution in [0.1, 0.15) is 5.56 Å². The Balaban J connectivity index is 1.60. The molecule has 0 radical (unpaired) electrons. The second-order valence-corrected chi connectivity index (χ2v) is 5.49. The molecule has 0 amide bonds. The van der Waals surface area contributed by atoms with Crippen molar-refractivity contribution < 1.29 is 5.11 Å². The maximum absolute atomic E-state index is 9.90. The van der Waals surface area contributed by atoms with Crippen LogP contribution in [0.4, 0.5) is 11.4 Å². The molecule has 3 N–H and O–H groups in total. The molecule has 3 rings (SSSR count). The quantitative estimate of drug-likeness (QED) is 0.670. The lowest BCUT2D eigenvalue weighted by atomic mass is 10.1. The summed E-state index contributed by atoms with van der Waals surface area (Å²) >= 11 is 0. The fourth-order valence-corrected chi connectivity index (χ4v) is 2.78. The molecule has 1 aliphatic heterocycles. The van der Waals surface area contributed by atoms with E-state index >= 15 is 0 Å². The van der Waals surface area contributed by atoms with Gasteiger partial charge >= 0.3 is 0 Å². The zero-order chi connectivity index (χ0) is 14.7. The number of nitrogens with zero attached hydrogens (tertiary/aromatic N) is 2. The van der Waals surface area contributed by atoms with Gasteiger partial charge in [0.25, 0.3) is 0 Å². The molecule has 1 fully saturated rings. The lowest BCUT2D eigenvalue weighted by Gasteiger charge is -2.36. The van der Waals surface area contributed by atoms with Crippen LogP contribution in [0.5, 0.6) is 5.75 Å². The predicted molar refractivity (Wildman–Crippen MR) is 86.5 cm³/mol. The highest BCUT2D eigenvalue weighted by Crippen LogP contribution is 2.23. The molecule has 1 saturated heterocycles. The standard InChI is InChI=1S/C17H21N3O/c18-15-6-7-17(21)14(12-15)13-19-8-10-20(11-9-19)16-4-2-1-3-5-16/h1-7,12,21H,8-11,13,18H2. The van der Waals surface area contributed by atoms with Gasteiger partial charge in [-0.2, -0.15) is 0 Å². The van der Waals surface area contributed by atoms with Gasteiger partial charge in [-0.25, -0.2) is 0 Å². The summed E-state index contributed by atoms with van der Waals surface area (Å²) in [6, 6.07) is 15.8. The zero-order valence-corrected chi connectivity index (χ0v) is 12.1. The van der Waals surface area contributed by atoms with Crippen molar-refractivity contribution in [3.05, 3.63) is 54.1 Å². The number of hydrogen-bond acceptors (Lipinski definition) is 4. The van der Waals surface area contributed by atoms with Crippen molar-refractivity contribution in [2.24, 2.45) is 0 Å². The van der Waals surface area contributed by atoms with E-state index in [-0.39, 0.29) is 0 Å². The predicted octanol–water partition coefficient (Wildman–Crippen LogP) is 2.30. The first-order chi connectivity index (χ1) is 10.2. The summed E-state index contributed by atoms with van der Waals surface area (Å²) in [7, 11) is 0. The van der Waals surface area contributed by atoms with Crippen LogP contribution >= 0.6 is 0 Å². The number of piperazine rings is 1. The molecule has 2 aromatic rings. The third-order valence-electron chi connectivity index (χ3n) is 3.99. The number of rotatable bonds is 3. The van der Waals surface area contributed by atoms with Crippen molar-refractivity contribution in [3.63, 3.8) is 0 Å². The van der Waals surface area contributed by atoms with E-state index in [0.29, 0.717) is 11.4 Å². The Morgan fingerprint density at radius 1 is 0.952 bits per heavy atom. The largest absolute Gasteiger partial charge is 0.508 e. The summed E-state index contributed by atoms with van der Waals surface area (Å²) in [5.74, 6) is 0.328. The van der Waals surface area contributed by atoms with Crippen molar-refractivity contribution in [2.45, 2.75) is 6.54 Å². The summed E-state index contributed by atoms with van der Waals surface area (Å²) in [6.07, 6.45) is 0. The molecule has 0 atom stereocenters. The third kappa shape index (κ3) is 3.28. The normalized spacial score (nSPS) is 16.1. The van der Waals surface area contributed by atoms with Crippen molar-refractivity contribution >= 4 is 11.4 Å². The number of phenols is 1. The maximum Gasteiger partial charge on any atom is 0.120 e. The molecule has 0 bridgehead atoms. The minimum atomic E-state index is 0.328. The Bertz CT molecular complexity index is 592. The third-order valence-corrected chi connectivity index (χ3v) is 3.99. The minimum absolute atomic E-state index is 0.328. The first-order valence-electron chi connectivity index (χ1n) is 7.32. The van der Waals surface area contributed by atoms with E-state index in [0.717, 1.165) is 38.3 Å². The zero-order valence-electron chi connectivity index (χ0n) is 12.1. The number of nitrogen functional groups attached to an aromatic ring is 1. The van der Waals surface area contributed by atoms with E-state index in [4.69, 9.17) is 5.73 Å². The topological polar surface area (TPSA) is 52.7 Å². The van der Waals surface area contributed by atoms with Crippen LogP contribution in [-0.4, -0.2) is 36.2 Å². The van der Waals surface area contributed by atoms with Gasteiger partial charge < -0.3 is 15.7 Å². The van der Waals surface area contributed by atoms with Crippen molar-refractivity contribution in [2.75, 3.05) is 36.8 Å². The molecule has 4 nitrogen and oxygen atoms in total. The highest BCUT2D eigenvalue weighted by Gasteiger charge is 2.18. The lowest BCUT2D eigenvalue weighted by molar-refractivity contribution is 0.247. The fourth-order valence-electron chi connectivity index (χ4n) is 2.78. The average Bonchev–Trinajstić information content (AvgIpc) is 2.53. The van der Waals surface area contributed by atoms with E-state index in [1.54, 1.807) is 12.1 Å². The van der Waals surface area contributed by atoms with Gasteiger partial charge in [0, 0.05) is 49.7 Å². The van der Waals surface area contributed by atoms with Gasteiger partial charge in [0.05, 0.1) is 0 Å². The minimum Gasteiger partial charge on any atom is -0.508 e. The second-order valence-electron chi connectivity index (χ2n) is 5.49. The van der Waals surface area contributed by atoms with Crippen LogP contribution in [0.15, 0.2) is 48.5 Å². The van der Waals surface area contributed by atoms with Crippen molar-refractivity contribution in [3.8, 4) is 5.75 Å². The van der Waals surface area contributed by atoms with E-state index in [9.17, 15) is 5.11 Å². The van der Waals surface area contributed by atoms with Crippen LogP contribution in [0, 0.1) is 0 Å². The summed E-state index contributed by atoms with van der Waals surface area (Å²) < 4.78 is 0. The SMILES string of the molecule is Nc1ccc(O)c(CN2CCN(c3ccccc3)CC2)c1. The Morgan fingerprint density at radius 2 is 1.67 bits per heavy atom. The van der Waals surface area contributed by atoms with Gasteiger partial charge in [-0.15, -0.1) is 0 Å². The van der Waals surface area contributed by atoms with Gasteiger partial charge in [-0.3, -0.25) is 4.90 Å². The first-order valence-corrected chi connectivity index (χ1v) is 7.32. The van der Waals surface area contributed by atoms with Crippen LogP contribution in [0.2, 0.25) is 0 Å². The molecular formula is C17H21N3O. The lowest BCUT2D eigenvalue weighted by Crippen LogP contribution is -2.45. The molecule has 0 saturated carbocycles. The number of nitrogens with two attached hydrogens (primary N) is 1. The molecule has 2 aromatic carbocycles. The van der Waals surface area contributed by atoms with Gasteiger partial charge in [-0.1, -0.05) is 18.2 Å². The summed E-state index contributed by atoms with van der Waals surface area (Å²) in [5.41, 5.74) is 8.68. The van der Waals surface area contributed by atoms with E-state index < -0.39 is 0 Å². The molecule has 21 heavy (non-hydrogen) atoms. The van der Waals surface area contributed by atoms with Crippen LogP contribution in [0.25, 0.3) is 0 Å². The fraction of sp³-hybridized carbons (Fsp3) is 0.294.